The Hall–Kier alpha value is -1.75. The van der Waals surface area contributed by atoms with E-state index in [4.69, 9.17) is 0 Å². The van der Waals surface area contributed by atoms with E-state index in [2.05, 4.69) is 33.9 Å². The average Bonchev–Trinajstić information content (AvgIpc) is 3.07. The Morgan fingerprint density at radius 2 is 2.26 bits per heavy atom. The Balaban J connectivity index is 1.51. The first-order chi connectivity index (χ1) is 11.3. The summed E-state index contributed by atoms with van der Waals surface area (Å²) >= 11 is 1.80. The summed E-state index contributed by atoms with van der Waals surface area (Å²) in [6, 6.07) is 10.6. The van der Waals surface area contributed by atoms with E-state index in [1.54, 1.807) is 11.8 Å². The number of imidazole rings is 1. The van der Waals surface area contributed by atoms with Gasteiger partial charge in [-0.15, -0.1) is 11.8 Å². The molecule has 0 unspecified atom stereocenters. The fraction of sp³-hybridized carbons (Fsp3) is 0.444. The van der Waals surface area contributed by atoms with E-state index in [1.807, 2.05) is 30.7 Å². The summed E-state index contributed by atoms with van der Waals surface area (Å²) in [7, 11) is 0. The lowest BCUT2D eigenvalue weighted by molar-refractivity contribution is -0.126. The van der Waals surface area contributed by atoms with Crippen LogP contribution in [0.2, 0.25) is 0 Å². The minimum Gasteiger partial charge on any atom is -0.352 e. The quantitative estimate of drug-likeness (QED) is 0.828. The highest BCUT2D eigenvalue weighted by atomic mass is 32.2. The third kappa shape index (κ3) is 4.16. The van der Waals surface area contributed by atoms with E-state index < -0.39 is 0 Å². The number of hydrogen-bond acceptors (Lipinski definition) is 3. The number of nitrogens with one attached hydrogen (secondary N) is 1. The summed E-state index contributed by atoms with van der Waals surface area (Å²) in [6.07, 6.45) is 6.39. The molecule has 2 heterocycles. The second kappa shape index (κ2) is 7.68. The third-order valence-electron chi connectivity index (χ3n) is 4.38. The monoisotopic (exact) mass is 329 g/mol. The van der Waals surface area contributed by atoms with Gasteiger partial charge in [-0.2, -0.15) is 0 Å². The number of amides is 1. The first-order valence-corrected chi connectivity index (χ1v) is 9.22. The lowest BCUT2D eigenvalue weighted by Gasteiger charge is -2.25. The molecule has 1 amide bonds. The maximum atomic E-state index is 12.6. The topological polar surface area (TPSA) is 46.9 Å². The molecule has 1 aliphatic rings. The summed E-state index contributed by atoms with van der Waals surface area (Å²) in [5.41, 5.74) is 1.17. The van der Waals surface area contributed by atoms with Crippen LogP contribution >= 0.6 is 11.8 Å². The number of benzene rings is 1. The number of thioether (sulfide) groups is 1. The Kier molecular flexibility index (Phi) is 5.39. The molecule has 1 aliphatic heterocycles. The van der Waals surface area contributed by atoms with Crippen molar-refractivity contribution in [3.05, 3.63) is 48.5 Å². The lowest BCUT2D eigenvalue weighted by Crippen LogP contribution is -2.42. The molecule has 2 aromatic rings. The number of fused-ring (bicyclic) bond motifs is 1. The number of carbonyl (C=O) groups is 1. The van der Waals surface area contributed by atoms with Crippen molar-refractivity contribution in [1.82, 2.24) is 14.9 Å². The fourth-order valence-corrected chi connectivity index (χ4v) is 3.95. The molecular formula is C18H23N3OS. The van der Waals surface area contributed by atoms with E-state index in [0.29, 0.717) is 0 Å². The number of rotatable bonds is 6. The molecular weight excluding hydrogens is 306 g/mol. The Morgan fingerprint density at radius 3 is 3.04 bits per heavy atom. The van der Waals surface area contributed by atoms with Gasteiger partial charge in [0.25, 0.3) is 0 Å². The first kappa shape index (κ1) is 16.1. The molecule has 0 saturated heterocycles. The largest absolute Gasteiger partial charge is 0.352 e. The molecule has 0 saturated carbocycles. The van der Waals surface area contributed by atoms with Gasteiger partial charge in [-0.05, 0) is 25.0 Å². The van der Waals surface area contributed by atoms with E-state index in [0.717, 1.165) is 31.6 Å². The highest BCUT2D eigenvalue weighted by molar-refractivity contribution is 7.99. The Morgan fingerprint density at radius 1 is 1.43 bits per heavy atom. The average molecular weight is 329 g/mol. The summed E-state index contributed by atoms with van der Waals surface area (Å²) < 4.78 is 2.15. The van der Waals surface area contributed by atoms with Crippen LogP contribution < -0.4 is 5.32 Å². The molecule has 23 heavy (non-hydrogen) atoms. The second-order valence-electron chi connectivity index (χ2n) is 6.01. The molecule has 0 fully saturated rings. The van der Waals surface area contributed by atoms with Crippen LogP contribution in [0.4, 0.5) is 0 Å². The van der Waals surface area contributed by atoms with Crippen molar-refractivity contribution < 1.29 is 4.79 Å². The van der Waals surface area contributed by atoms with Crippen LogP contribution in [-0.2, 0) is 17.8 Å². The van der Waals surface area contributed by atoms with Crippen molar-refractivity contribution >= 4 is 17.7 Å². The van der Waals surface area contributed by atoms with E-state index >= 15 is 0 Å². The summed E-state index contributed by atoms with van der Waals surface area (Å²) in [6.45, 7) is 3.02. The SMILES string of the molecule is CC[C@H](CSc1ccccc1)NC(=O)[C@@H]1CCn2cncc2C1. The van der Waals surface area contributed by atoms with Crippen LogP contribution in [0.15, 0.2) is 47.8 Å². The van der Waals surface area contributed by atoms with Gasteiger partial charge in [-0.3, -0.25) is 4.79 Å². The van der Waals surface area contributed by atoms with Gasteiger partial charge in [-0.1, -0.05) is 25.1 Å². The summed E-state index contributed by atoms with van der Waals surface area (Å²) in [4.78, 5) is 18.0. The molecule has 1 aromatic heterocycles. The minimum absolute atomic E-state index is 0.0787. The minimum atomic E-state index is 0.0787. The Labute approximate surface area is 141 Å². The van der Waals surface area contributed by atoms with Gasteiger partial charge < -0.3 is 9.88 Å². The molecule has 0 aliphatic carbocycles. The molecule has 5 heteroatoms. The van der Waals surface area contributed by atoms with Gasteiger partial charge >= 0.3 is 0 Å². The van der Waals surface area contributed by atoms with Crippen LogP contribution in [0.5, 0.6) is 0 Å². The maximum Gasteiger partial charge on any atom is 0.223 e. The summed E-state index contributed by atoms with van der Waals surface area (Å²) in [5.74, 6) is 1.18. The highest BCUT2D eigenvalue weighted by Crippen LogP contribution is 2.22. The smallest absolute Gasteiger partial charge is 0.223 e. The van der Waals surface area contributed by atoms with Gasteiger partial charge in [0.05, 0.1) is 6.33 Å². The van der Waals surface area contributed by atoms with Crippen molar-refractivity contribution in [2.45, 2.75) is 43.7 Å². The van der Waals surface area contributed by atoms with Gasteiger partial charge in [0.1, 0.15) is 0 Å². The molecule has 4 nitrogen and oxygen atoms in total. The van der Waals surface area contributed by atoms with Gasteiger partial charge in [0.15, 0.2) is 0 Å². The van der Waals surface area contributed by atoms with Gasteiger partial charge in [0.2, 0.25) is 5.91 Å². The highest BCUT2D eigenvalue weighted by Gasteiger charge is 2.26. The third-order valence-corrected chi connectivity index (χ3v) is 5.55. The van der Waals surface area contributed by atoms with Gasteiger partial charge in [-0.25, -0.2) is 4.98 Å². The second-order valence-corrected chi connectivity index (χ2v) is 7.10. The van der Waals surface area contributed by atoms with Crippen molar-refractivity contribution in [3.8, 4) is 0 Å². The van der Waals surface area contributed by atoms with Gasteiger partial charge in [0, 0.05) is 47.5 Å². The zero-order chi connectivity index (χ0) is 16.1. The van der Waals surface area contributed by atoms with Crippen LogP contribution in [0.25, 0.3) is 0 Å². The molecule has 122 valence electrons. The zero-order valence-electron chi connectivity index (χ0n) is 13.4. The van der Waals surface area contributed by atoms with E-state index in [-0.39, 0.29) is 17.9 Å². The molecule has 2 atom stereocenters. The number of carbonyl (C=O) groups excluding carboxylic acids is 1. The van der Waals surface area contributed by atoms with Crippen molar-refractivity contribution in [3.63, 3.8) is 0 Å². The number of hydrogen-bond donors (Lipinski definition) is 1. The fourth-order valence-electron chi connectivity index (χ4n) is 2.89. The zero-order valence-corrected chi connectivity index (χ0v) is 14.3. The standard InChI is InChI=1S/C18H23N3OS/c1-2-15(12-23-17-6-4-3-5-7-17)20-18(22)14-8-9-21-13-19-11-16(21)10-14/h3-7,11,13-15H,2,8-10,12H2,1H3,(H,20,22)/t14-,15-/m1/s1. The van der Waals surface area contributed by atoms with Crippen molar-refractivity contribution in [1.29, 1.82) is 0 Å². The van der Waals surface area contributed by atoms with Crippen LogP contribution in [0.3, 0.4) is 0 Å². The predicted octanol–water partition coefficient (Wildman–Crippen LogP) is 3.13. The summed E-state index contributed by atoms with van der Waals surface area (Å²) in [5, 5.41) is 3.24. The number of aromatic nitrogens is 2. The molecule has 0 spiro atoms. The molecule has 0 radical (unpaired) electrons. The number of nitrogens with zero attached hydrogens (tertiary/aromatic N) is 2. The number of aryl methyl sites for hydroxylation is 1. The normalized spacial score (nSPS) is 18.2. The van der Waals surface area contributed by atoms with Crippen molar-refractivity contribution in [2.75, 3.05) is 5.75 Å². The predicted molar refractivity (Wildman–Crippen MR) is 93.4 cm³/mol. The van der Waals surface area contributed by atoms with E-state index in [1.165, 1.54) is 10.6 Å². The van der Waals surface area contributed by atoms with Crippen molar-refractivity contribution in [2.24, 2.45) is 5.92 Å². The molecule has 1 N–H and O–H groups in total. The molecule has 3 rings (SSSR count). The first-order valence-electron chi connectivity index (χ1n) is 8.23. The van der Waals surface area contributed by atoms with Crippen LogP contribution in [0.1, 0.15) is 25.5 Å². The van der Waals surface area contributed by atoms with E-state index in [9.17, 15) is 4.79 Å². The Bertz CT molecular complexity index is 641. The molecule has 1 aromatic carbocycles. The lowest BCUT2D eigenvalue weighted by atomic mass is 9.95. The molecule has 0 bridgehead atoms. The van der Waals surface area contributed by atoms with Crippen LogP contribution in [-0.4, -0.2) is 27.3 Å². The maximum absolute atomic E-state index is 12.6. The van der Waals surface area contributed by atoms with Crippen LogP contribution in [0, 0.1) is 5.92 Å².